The summed E-state index contributed by atoms with van der Waals surface area (Å²) in [4.78, 5) is 41.5. The first-order valence-electron chi connectivity index (χ1n) is 9.64. The highest BCUT2D eigenvalue weighted by molar-refractivity contribution is 5.78. The molecule has 1 saturated heterocycles. The van der Waals surface area contributed by atoms with E-state index in [0.717, 1.165) is 36.5 Å². The molecule has 0 saturated carbocycles. The summed E-state index contributed by atoms with van der Waals surface area (Å²) in [5.74, 6) is 0.994. The van der Waals surface area contributed by atoms with Crippen LogP contribution in [0.1, 0.15) is 31.0 Å². The van der Waals surface area contributed by atoms with Crippen molar-refractivity contribution in [2.45, 2.75) is 32.7 Å². The van der Waals surface area contributed by atoms with Crippen molar-refractivity contribution in [1.82, 2.24) is 19.9 Å². The molecule has 0 radical (unpaired) electrons. The van der Waals surface area contributed by atoms with E-state index in [1.54, 1.807) is 18.0 Å². The number of fused-ring (bicyclic) bond motifs is 1. The van der Waals surface area contributed by atoms with Crippen molar-refractivity contribution in [3.63, 3.8) is 0 Å². The SMILES string of the molecule is CC(=O)N1CCc2c(nc(-c3ccccn3)nc2N2CCC[C@H](C(N)=O)C2)C1. The van der Waals surface area contributed by atoms with Crippen molar-refractivity contribution in [1.29, 1.82) is 0 Å². The van der Waals surface area contributed by atoms with E-state index < -0.39 is 0 Å². The number of rotatable bonds is 3. The molecule has 0 bridgehead atoms. The highest BCUT2D eigenvalue weighted by Gasteiger charge is 2.30. The molecule has 146 valence electrons. The average Bonchev–Trinajstić information content (AvgIpc) is 2.73. The monoisotopic (exact) mass is 380 g/mol. The fraction of sp³-hybridized carbons (Fsp3) is 0.450. The van der Waals surface area contributed by atoms with Gasteiger partial charge in [-0.15, -0.1) is 0 Å². The Morgan fingerprint density at radius 1 is 1.21 bits per heavy atom. The summed E-state index contributed by atoms with van der Waals surface area (Å²) in [5.41, 5.74) is 8.17. The third kappa shape index (κ3) is 3.54. The summed E-state index contributed by atoms with van der Waals surface area (Å²) in [6, 6.07) is 5.62. The lowest BCUT2D eigenvalue weighted by Gasteiger charge is -2.36. The number of hydrogen-bond acceptors (Lipinski definition) is 6. The molecule has 2 aliphatic rings. The van der Waals surface area contributed by atoms with E-state index in [1.807, 2.05) is 18.2 Å². The molecule has 28 heavy (non-hydrogen) atoms. The van der Waals surface area contributed by atoms with E-state index in [0.29, 0.717) is 37.6 Å². The Balaban J connectivity index is 1.77. The molecule has 2 N–H and O–H groups in total. The number of anilines is 1. The maximum atomic E-state index is 11.9. The van der Waals surface area contributed by atoms with Gasteiger partial charge in [-0.2, -0.15) is 0 Å². The minimum atomic E-state index is -0.264. The fourth-order valence-electron chi connectivity index (χ4n) is 3.95. The van der Waals surface area contributed by atoms with Crippen LogP contribution in [0.3, 0.4) is 0 Å². The highest BCUT2D eigenvalue weighted by Crippen LogP contribution is 2.31. The molecule has 4 rings (SSSR count). The summed E-state index contributed by atoms with van der Waals surface area (Å²) in [6.45, 7) is 4.08. The van der Waals surface area contributed by atoms with E-state index in [1.165, 1.54) is 0 Å². The third-order valence-corrected chi connectivity index (χ3v) is 5.51. The molecule has 2 aliphatic heterocycles. The number of amides is 2. The second-order valence-corrected chi connectivity index (χ2v) is 7.39. The van der Waals surface area contributed by atoms with Crippen LogP contribution in [0.2, 0.25) is 0 Å². The normalized spacial score (nSPS) is 19.2. The van der Waals surface area contributed by atoms with Crippen molar-refractivity contribution in [2.75, 3.05) is 24.5 Å². The van der Waals surface area contributed by atoms with Crippen LogP contribution < -0.4 is 10.6 Å². The lowest BCUT2D eigenvalue weighted by atomic mass is 9.96. The topological polar surface area (TPSA) is 105 Å². The molecular formula is C20H24N6O2. The minimum Gasteiger partial charge on any atom is -0.369 e. The Morgan fingerprint density at radius 2 is 2.07 bits per heavy atom. The lowest BCUT2D eigenvalue weighted by molar-refractivity contribution is -0.129. The van der Waals surface area contributed by atoms with Gasteiger partial charge >= 0.3 is 0 Å². The smallest absolute Gasteiger partial charge is 0.222 e. The van der Waals surface area contributed by atoms with Gasteiger partial charge in [0, 0.05) is 38.3 Å². The van der Waals surface area contributed by atoms with Crippen LogP contribution in [0.4, 0.5) is 5.82 Å². The molecule has 8 heteroatoms. The largest absolute Gasteiger partial charge is 0.369 e. The van der Waals surface area contributed by atoms with Crippen molar-refractivity contribution >= 4 is 17.6 Å². The van der Waals surface area contributed by atoms with Gasteiger partial charge in [0.15, 0.2) is 5.82 Å². The predicted molar refractivity (Wildman–Crippen MR) is 104 cm³/mol. The molecule has 8 nitrogen and oxygen atoms in total. The Morgan fingerprint density at radius 3 is 2.79 bits per heavy atom. The maximum absolute atomic E-state index is 11.9. The number of hydrogen-bond donors (Lipinski definition) is 1. The number of carbonyl (C=O) groups is 2. The first-order chi connectivity index (χ1) is 13.5. The molecular weight excluding hydrogens is 356 g/mol. The standard InChI is InChI=1S/C20H24N6O2/c1-13(27)25-10-7-15-17(12-25)23-19(16-6-2-3-8-22-16)24-20(15)26-9-4-5-14(11-26)18(21)28/h2-3,6,8,14H,4-5,7,9-12H2,1H3,(H2,21,28)/t14-/m0/s1. The summed E-state index contributed by atoms with van der Waals surface area (Å²) in [7, 11) is 0. The van der Waals surface area contributed by atoms with Gasteiger partial charge in [-0.05, 0) is 31.4 Å². The fourth-order valence-corrected chi connectivity index (χ4v) is 3.95. The Labute approximate surface area is 163 Å². The Bertz CT molecular complexity index is 901. The van der Waals surface area contributed by atoms with Gasteiger partial charge < -0.3 is 15.5 Å². The van der Waals surface area contributed by atoms with Gasteiger partial charge in [0.1, 0.15) is 11.5 Å². The highest BCUT2D eigenvalue weighted by atomic mass is 16.2. The third-order valence-electron chi connectivity index (χ3n) is 5.51. The minimum absolute atomic E-state index is 0.0389. The van der Waals surface area contributed by atoms with Gasteiger partial charge in [0.25, 0.3) is 0 Å². The van der Waals surface area contributed by atoms with Crippen LogP contribution in [0.5, 0.6) is 0 Å². The van der Waals surface area contributed by atoms with Crippen LogP contribution in [0.25, 0.3) is 11.5 Å². The molecule has 0 aromatic carbocycles. The zero-order valence-corrected chi connectivity index (χ0v) is 16.0. The first kappa shape index (κ1) is 18.3. The van der Waals surface area contributed by atoms with E-state index >= 15 is 0 Å². The van der Waals surface area contributed by atoms with Gasteiger partial charge in [0.2, 0.25) is 11.8 Å². The molecule has 0 unspecified atom stereocenters. The number of pyridine rings is 1. The molecule has 1 fully saturated rings. The second-order valence-electron chi connectivity index (χ2n) is 7.39. The molecule has 2 amide bonds. The molecule has 1 atom stereocenters. The predicted octanol–water partition coefficient (Wildman–Crippen LogP) is 1.14. The molecule has 4 heterocycles. The van der Waals surface area contributed by atoms with E-state index in [4.69, 9.17) is 15.7 Å². The molecule has 2 aromatic rings. The van der Waals surface area contributed by atoms with E-state index in [2.05, 4.69) is 9.88 Å². The van der Waals surface area contributed by atoms with Crippen LogP contribution in [-0.2, 0) is 22.6 Å². The average molecular weight is 380 g/mol. The van der Waals surface area contributed by atoms with Gasteiger partial charge in [0.05, 0.1) is 18.2 Å². The summed E-state index contributed by atoms with van der Waals surface area (Å²) in [5, 5.41) is 0. The first-order valence-corrected chi connectivity index (χ1v) is 9.64. The summed E-state index contributed by atoms with van der Waals surface area (Å²) in [6.07, 6.45) is 4.11. The van der Waals surface area contributed by atoms with Crippen LogP contribution >= 0.6 is 0 Å². The number of primary amides is 1. The summed E-state index contributed by atoms with van der Waals surface area (Å²) < 4.78 is 0. The van der Waals surface area contributed by atoms with E-state index in [9.17, 15) is 9.59 Å². The molecule has 2 aromatic heterocycles. The van der Waals surface area contributed by atoms with Crippen molar-refractivity contribution in [2.24, 2.45) is 11.7 Å². The second kappa shape index (κ2) is 7.53. The lowest BCUT2D eigenvalue weighted by Crippen LogP contribution is -2.43. The zero-order chi connectivity index (χ0) is 19.7. The van der Waals surface area contributed by atoms with Crippen LogP contribution in [0.15, 0.2) is 24.4 Å². The Hall–Kier alpha value is -3.03. The van der Waals surface area contributed by atoms with E-state index in [-0.39, 0.29) is 17.7 Å². The quantitative estimate of drug-likeness (QED) is 0.856. The number of nitrogens with two attached hydrogens (primary N) is 1. The number of aromatic nitrogens is 3. The van der Waals surface area contributed by atoms with Crippen LogP contribution in [0, 0.1) is 5.92 Å². The van der Waals surface area contributed by atoms with Crippen molar-refractivity contribution in [3.05, 3.63) is 35.7 Å². The molecule has 0 spiro atoms. The van der Waals surface area contributed by atoms with Gasteiger partial charge in [-0.25, -0.2) is 9.97 Å². The summed E-state index contributed by atoms with van der Waals surface area (Å²) >= 11 is 0. The van der Waals surface area contributed by atoms with Crippen molar-refractivity contribution < 1.29 is 9.59 Å². The maximum Gasteiger partial charge on any atom is 0.222 e. The Kier molecular flexibility index (Phi) is 4.93. The van der Waals surface area contributed by atoms with Crippen LogP contribution in [-0.4, -0.2) is 51.3 Å². The van der Waals surface area contributed by atoms with Gasteiger partial charge in [-0.1, -0.05) is 6.07 Å². The zero-order valence-electron chi connectivity index (χ0n) is 16.0. The number of nitrogens with zero attached hydrogens (tertiary/aromatic N) is 5. The van der Waals surface area contributed by atoms with Gasteiger partial charge in [-0.3, -0.25) is 14.6 Å². The number of piperidine rings is 1. The molecule has 0 aliphatic carbocycles. The van der Waals surface area contributed by atoms with Crippen molar-refractivity contribution in [3.8, 4) is 11.5 Å². The number of carbonyl (C=O) groups excluding carboxylic acids is 2.